The van der Waals surface area contributed by atoms with Crippen molar-refractivity contribution in [3.63, 3.8) is 0 Å². The minimum absolute atomic E-state index is 0.0118. The first-order chi connectivity index (χ1) is 7.70. The van der Waals surface area contributed by atoms with E-state index in [0.717, 1.165) is 17.9 Å². The molecule has 0 radical (unpaired) electrons. The van der Waals surface area contributed by atoms with Gasteiger partial charge in [0.1, 0.15) is 5.82 Å². The van der Waals surface area contributed by atoms with Gasteiger partial charge in [0.05, 0.1) is 11.7 Å². The molecule has 3 N–H and O–H groups in total. The zero-order chi connectivity index (χ0) is 11.5. The molecule has 6 heteroatoms. The van der Waals surface area contributed by atoms with Crippen molar-refractivity contribution in [3.8, 4) is 0 Å². The normalized spacial score (nSPS) is 12.9. The van der Waals surface area contributed by atoms with Crippen molar-refractivity contribution >= 4 is 0 Å². The third-order valence-corrected chi connectivity index (χ3v) is 2.60. The van der Waals surface area contributed by atoms with Gasteiger partial charge in [-0.05, 0) is 6.07 Å². The highest BCUT2D eigenvalue weighted by Gasteiger charge is 2.15. The van der Waals surface area contributed by atoms with E-state index in [0.29, 0.717) is 0 Å². The van der Waals surface area contributed by atoms with Crippen LogP contribution in [0.1, 0.15) is 17.6 Å². The van der Waals surface area contributed by atoms with Crippen LogP contribution in [-0.2, 0) is 20.5 Å². The minimum atomic E-state index is -0.0118. The van der Waals surface area contributed by atoms with Crippen LogP contribution in [0, 0.1) is 0 Å². The summed E-state index contributed by atoms with van der Waals surface area (Å²) in [6, 6.07) is 1.94. The van der Waals surface area contributed by atoms with Gasteiger partial charge in [-0.3, -0.25) is 16.0 Å². The summed E-state index contributed by atoms with van der Waals surface area (Å²) >= 11 is 0. The predicted octanol–water partition coefficient (Wildman–Crippen LogP) is -0.0993. The fraction of sp³-hybridized carbons (Fsp3) is 0.400. The number of aryl methyl sites for hydroxylation is 2. The van der Waals surface area contributed by atoms with Crippen molar-refractivity contribution < 1.29 is 0 Å². The number of hydrazine groups is 1. The summed E-state index contributed by atoms with van der Waals surface area (Å²) in [6.07, 6.45) is 6.32. The molecule has 1 atom stereocenters. The number of nitrogens with one attached hydrogen (secondary N) is 1. The summed E-state index contributed by atoms with van der Waals surface area (Å²) in [5.74, 6) is 6.52. The van der Waals surface area contributed by atoms with Crippen LogP contribution in [0.5, 0.6) is 0 Å². The van der Waals surface area contributed by atoms with Crippen LogP contribution < -0.4 is 11.3 Å². The van der Waals surface area contributed by atoms with Crippen LogP contribution in [0.25, 0.3) is 0 Å². The van der Waals surface area contributed by atoms with Gasteiger partial charge in [-0.15, -0.1) is 0 Å². The van der Waals surface area contributed by atoms with Gasteiger partial charge in [-0.2, -0.15) is 5.10 Å². The van der Waals surface area contributed by atoms with Crippen molar-refractivity contribution in [1.29, 1.82) is 0 Å². The van der Waals surface area contributed by atoms with E-state index < -0.39 is 0 Å². The molecule has 0 fully saturated rings. The van der Waals surface area contributed by atoms with Crippen LogP contribution in [0.3, 0.4) is 0 Å². The maximum absolute atomic E-state index is 5.54. The van der Waals surface area contributed by atoms with Gasteiger partial charge in [0.2, 0.25) is 0 Å². The standard InChI is InChI=1S/C10H16N6/c1-15-6-4-12-10(15)7-9(13-11)8-3-5-16(2)14-8/h3-6,9,13H,7,11H2,1-2H3. The Morgan fingerprint density at radius 2 is 2.25 bits per heavy atom. The average Bonchev–Trinajstić information content (AvgIpc) is 2.85. The summed E-state index contributed by atoms with van der Waals surface area (Å²) in [5, 5.41) is 4.33. The molecule has 0 aromatic carbocycles. The monoisotopic (exact) mass is 220 g/mol. The van der Waals surface area contributed by atoms with Crippen LogP contribution in [0.2, 0.25) is 0 Å². The third kappa shape index (κ3) is 2.12. The lowest BCUT2D eigenvalue weighted by atomic mass is 10.1. The Bertz CT molecular complexity index is 457. The van der Waals surface area contributed by atoms with Crippen molar-refractivity contribution in [2.75, 3.05) is 0 Å². The Labute approximate surface area is 94.1 Å². The number of hydrogen-bond donors (Lipinski definition) is 2. The number of imidazole rings is 1. The molecule has 0 aliphatic heterocycles. The molecule has 0 amide bonds. The van der Waals surface area contributed by atoms with E-state index in [-0.39, 0.29) is 6.04 Å². The SMILES string of the molecule is Cn1ccc(C(Cc2nccn2C)NN)n1. The summed E-state index contributed by atoms with van der Waals surface area (Å²) in [6.45, 7) is 0. The van der Waals surface area contributed by atoms with Crippen molar-refractivity contribution in [2.45, 2.75) is 12.5 Å². The Hall–Kier alpha value is -1.66. The van der Waals surface area contributed by atoms with Gasteiger partial charge >= 0.3 is 0 Å². The number of aromatic nitrogens is 4. The highest BCUT2D eigenvalue weighted by Crippen LogP contribution is 2.14. The lowest BCUT2D eigenvalue weighted by molar-refractivity contribution is 0.511. The fourth-order valence-electron chi connectivity index (χ4n) is 1.64. The predicted molar refractivity (Wildman–Crippen MR) is 60.2 cm³/mol. The van der Waals surface area contributed by atoms with Crippen LogP contribution >= 0.6 is 0 Å². The van der Waals surface area contributed by atoms with Crippen LogP contribution in [-0.4, -0.2) is 19.3 Å². The molecule has 0 spiro atoms. The number of hydrogen-bond acceptors (Lipinski definition) is 4. The third-order valence-electron chi connectivity index (χ3n) is 2.60. The number of rotatable bonds is 4. The van der Waals surface area contributed by atoms with Gasteiger partial charge < -0.3 is 4.57 Å². The summed E-state index contributed by atoms with van der Waals surface area (Å²) < 4.78 is 3.74. The molecular formula is C10H16N6. The molecule has 1 unspecified atom stereocenters. The molecule has 0 saturated carbocycles. The molecule has 0 aliphatic rings. The maximum atomic E-state index is 5.54. The van der Waals surface area contributed by atoms with Crippen molar-refractivity contribution in [2.24, 2.45) is 19.9 Å². The summed E-state index contributed by atoms with van der Waals surface area (Å²) in [5.41, 5.74) is 3.69. The van der Waals surface area contributed by atoms with Gasteiger partial charge in [-0.25, -0.2) is 4.98 Å². The first-order valence-corrected chi connectivity index (χ1v) is 5.12. The number of nitrogens with two attached hydrogens (primary N) is 1. The van der Waals surface area contributed by atoms with E-state index in [4.69, 9.17) is 5.84 Å². The molecule has 0 bridgehead atoms. The molecule has 2 heterocycles. The lowest BCUT2D eigenvalue weighted by Crippen LogP contribution is -2.30. The highest BCUT2D eigenvalue weighted by molar-refractivity contribution is 5.08. The molecular weight excluding hydrogens is 204 g/mol. The van der Waals surface area contributed by atoms with E-state index in [1.165, 1.54) is 0 Å². The molecule has 2 aromatic heterocycles. The zero-order valence-corrected chi connectivity index (χ0v) is 9.46. The van der Waals surface area contributed by atoms with Crippen LogP contribution in [0.15, 0.2) is 24.7 Å². The Morgan fingerprint density at radius 3 is 2.75 bits per heavy atom. The second-order valence-corrected chi connectivity index (χ2v) is 3.79. The van der Waals surface area contributed by atoms with E-state index in [9.17, 15) is 0 Å². The highest BCUT2D eigenvalue weighted by atomic mass is 15.3. The first kappa shape index (κ1) is 10.8. The molecule has 0 aliphatic carbocycles. The van der Waals surface area contributed by atoms with Crippen molar-refractivity contribution in [1.82, 2.24) is 24.8 Å². The van der Waals surface area contributed by atoms with E-state index in [1.54, 1.807) is 10.9 Å². The summed E-state index contributed by atoms with van der Waals surface area (Å²) in [4.78, 5) is 4.27. The van der Waals surface area contributed by atoms with E-state index >= 15 is 0 Å². The fourth-order valence-corrected chi connectivity index (χ4v) is 1.64. The number of nitrogens with zero attached hydrogens (tertiary/aromatic N) is 4. The maximum Gasteiger partial charge on any atom is 0.110 e. The molecule has 6 nitrogen and oxygen atoms in total. The Morgan fingerprint density at radius 1 is 1.44 bits per heavy atom. The molecule has 16 heavy (non-hydrogen) atoms. The first-order valence-electron chi connectivity index (χ1n) is 5.12. The Balaban J connectivity index is 2.15. The minimum Gasteiger partial charge on any atom is -0.338 e. The van der Waals surface area contributed by atoms with E-state index in [1.807, 2.05) is 37.1 Å². The largest absolute Gasteiger partial charge is 0.338 e. The Kier molecular flexibility index (Phi) is 3.02. The lowest BCUT2D eigenvalue weighted by Gasteiger charge is -2.12. The molecule has 2 aromatic rings. The van der Waals surface area contributed by atoms with Gasteiger partial charge in [0.15, 0.2) is 0 Å². The quantitative estimate of drug-likeness (QED) is 0.557. The zero-order valence-electron chi connectivity index (χ0n) is 9.46. The molecule has 86 valence electrons. The van der Waals surface area contributed by atoms with E-state index in [2.05, 4.69) is 15.5 Å². The average molecular weight is 220 g/mol. The summed E-state index contributed by atoms with van der Waals surface area (Å²) in [7, 11) is 3.85. The van der Waals surface area contributed by atoms with Gasteiger partial charge in [-0.1, -0.05) is 0 Å². The van der Waals surface area contributed by atoms with Gasteiger partial charge in [0, 0.05) is 39.1 Å². The topological polar surface area (TPSA) is 73.7 Å². The smallest absolute Gasteiger partial charge is 0.110 e. The molecule has 0 saturated heterocycles. The van der Waals surface area contributed by atoms with Crippen LogP contribution in [0.4, 0.5) is 0 Å². The second-order valence-electron chi connectivity index (χ2n) is 3.79. The second kappa shape index (κ2) is 4.46. The molecule has 2 rings (SSSR count). The van der Waals surface area contributed by atoms with Gasteiger partial charge in [0.25, 0.3) is 0 Å². The van der Waals surface area contributed by atoms with Crippen molar-refractivity contribution in [3.05, 3.63) is 36.2 Å².